The number of nitrogens with two attached hydrogens (primary N) is 1. The molecule has 0 aliphatic rings. The Morgan fingerprint density at radius 2 is 2.46 bits per heavy atom. The number of aromatic nitrogens is 1. The van der Waals surface area contributed by atoms with E-state index in [-0.39, 0.29) is 0 Å². The predicted octanol–water partition coefficient (Wildman–Crippen LogP) is 1.32. The van der Waals surface area contributed by atoms with Gasteiger partial charge in [-0.15, -0.1) is 0 Å². The summed E-state index contributed by atoms with van der Waals surface area (Å²) in [5, 5.41) is 0.421. The van der Waals surface area contributed by atoms with Gasteiger partial charge in [-0.25, -0.2) is 4.98 Å². The Bertz CT molecular complexity index is 354. The van der Waals surface area contributed by atoms with Gasteiger partial charge in [0.05, 0.1) is 5.02 Å². The average Bonchev–Trinajstić information content (AvgIpc) is 2.12. The highest BCUT2D eigenvalue weighted by atomic mass is 35.5. The maximum Gasteiger partial charge on any atom is 0.142 e. The number of ether oxygens (including phenoxy) is 1. The van der Waals surface area contributed by atoms with Crippen molar-refractivity contribution >= 4 is 17.4 Å². The molecule has 0 aliphatic carbocycles. The second-order valence-electron chi connectivity index (χ2n) is 2.33. The van der Waals surface area contributed by atoms with Crippen LogP contribution in [0.2, 0.25) is 5.02 Å². The first-order valence-electron chi connectivity index (χ1n) is 3.63. The van der Waals surface area contributed by atoms with E-state index in [2.05, 4.69) is 16.8 Å². The highest BCUT2D eigenvalue weighted by molar-refractivity contribution is 6.32. The van der Waals surface area contributed by atoms with Crippen molar-refractivity contribution in [2.75, 3.05) is 19.5 Å². The Hall–Kier alpha value is -1.24. The van der Waals surface area contributed by atoms with Crippen molar-refractivity contribution in [3.05, 3.63) is 22.8 Å². The van der Waals surface area contributed by atoms with Gasteiger partial charge >= 0.3 is 0 Å². The van der Waals surface area contributed by atoms with Gasteiger partial charge in [0.15, 0.2) is 0 Å². The second-order valence-corrected chi connectivity index (χ2v) is 2.73. The Balaban J connectivity index is 2.81. The summed E-state index contributed by atoms with van der Waals surface area (Å²) in [4.78, 5) is 3.86. The number of anilines is 1. The molecular formula is C9H9ClN2O. The third-order valence-corrected chi connectivity index (χ3v) is 1.62. The Labute approximate surface area is 81.9 Å². The maximum atomic E-state index is 5.74. The summed E-state index contributed by atoms with van der Waals surface area (Å²) in [7, 11) is 1.59. The number of rotatable bonds is 1. The minimum absolute atomic E-state index is 0.318. The third kappa shape index (κ3) is 2.94. The SMILES string of the molecule is COCC#Cc1cnc(N)c(Cl)c1. The van der Waals surface area contributed by atoms with Crippen molar-refractivity contribution in [1.29, 1.82) is 0 Å². The molecule has 13 heavy (non-hydrogen) atoms. The minimum Gasteiger partial charge on any atom is -0.382 e. The molecule has 0 unspecified atom stereocenters. The lowest BCUT2D eigenvalue weighted by atomic mass is 10.3. The lowest BCUT2D eigenvalue weighted by Gasteiger charge is -1.95. The van der Waals surface area contributed by atoms with Crippen LogP contribution in [0.3, 0.4) is 0 Å². The molecule has 0 atom stereocenters. The monoisotopic (exact) mass is 196 g/mol. The van der Waals surface area contributed by atoms with Crippen molar-refractivity contribution in [2.24, 2.45) is 0 Å². The Morgan fingerprint density at radius 1 is 1.69 bits per heavy atom. The molecule has 0 aromatic carbocycles. The molecule has 3 nitrogen and oxygen atoms in total. The molecular weight excluding hydrogens is 188 g/mol. The number of nitrogen functional groups attached to an aromatic ring is 1. The first kappa shape index (κ1) is 9.85. The molecule has 68 valence electrons. The zero-order valence-corrected chi connectivity index (χ0v) is 7.93. The van der Waals surface area contributed by atoms with Crippen LogP contribution in [0.5, 0.6) is 0 Å². The summed E-state index contributed by atoms with van der Waals surface area (Å²) in [6.45, 7) is 0.391. The van der Waals surface area contributed by atoms with E-state index in [0.29, 0.717) is 17.4 Å². The normalized spacial score (nSPS) is 9.08. The fraction of sp³-hybridized carbons (Fsp3) is 0.222. The third-order valence-electron chi connectivity index (χ3n) is 1.32. The molecule has 0 spiro atoms. The molecule has 4 heteroatoms. The molecule has 1 rings (SSSR count). The highest BCUT2D eigenvalue weighted by Crippen LogP contribution is 2.15. The van der Waals surface area contributed by atoms with Crippen molar-refractivity contribution in [3.8, 4) is 11.8 Å². The topological polar surface area (TPSA) is 48.1 Å². The number of hydrogen-bond donors (Lipinski definition) is 1. The number of nitrogens with zero attached hydrogens (tertiary/aromatic N) is 1. The van der Waals surface area contributed by atoms with Gasteiger partial charge in [0.2, 0.25) is 0 Å². The maximum absolute atomic E-state index is 5.74. The molecule has 0 saturated carbocycles. The molecule has 1 heterocycles. The molecule has 0 fully saturated rings. The van der Waals surface area contributed by atoms with Gasteiger partial charge in [-0.05, 0) is 6.07 Å². The molecule has 1 aromatic rings. The molecule has 0 bridgehead atoms. The number of halogens is 1. The minimum atomic E-state index is 0.318. The van der Waals surface area contributed by atoms with Crippen LogP contribution in [-0.4, -0.2) is 18.7 Å². The number of methoxy groups -OCH3 is 1. The van der Waals surface area contributed by atoms with Crippen molar-refractivity contribution in [3.63, 3.8) is 0 Å². The summed E-state index contributed by atoms with van der Waals surface area (Å²) < 4.78 is 4.77. The van der Waals surface area contributed by atoms with E-state index in [1.54, 1.807) is 19.4 Å². The van der Waals surface area contributed by atoms with Crippen LogP contribution in [0.15, 0.2) is 12.3 Å². The lowest BCUT2D eigenvalue weighted by molar-refractivity contribution is 0.240. The summed E-state index contributed by atoms with van der Waals surface area (Å²) in [6.07, 6.45) is 1.57. The summed E-state index contributed by atoms with van der Waals surface area (Å²) in [5.74, 6) is 5.94. The van der Waals surface area contributed by atoms with Crippen LogP contribution in [0, 0.1) is 11.8 Å². The van der Waals surface area contributed by atoms with Gasteiger partial charge in [-0.3, -0.25) is 0 Å². The van der Waals surface area contributed by atoms with Gasteiger partial charge in [-0.2, -0.15) is 0 Å². The van der Waals surface area contributed by atoms with E-state index in [1.165, 1.54) is 0 Å². The van der Waals surface area contributed by atoms with E-state index >= 15 is 0 Å². The van der Waals surface area contributed by atoms with E-state index in [9.17, 15) is 0 Å². The zero-order valence-electron chi connectivity index (χ0n) is 7.17. The largest absolute Gasteiger partial charge is 0.382 e. The molecule has 1 aromatic heterocycles. The smallest absolute Gasteiger partial charge is 0.142 e. The molecule has 0 saturated heterocycles. The number of pyridine rings is 1. The van der Waals surface area contributed by atoms with Crippen LogP contribution in [0.1, 0.15) is 5.56 Å². The van der Waals surface area contributed by atoms with Gasteiger partial charge in [0.25, 0.3) is 0 Å². The number of hydrogen-bond acceptors (Lipinski definition) is 3. The zero-order chi connectivity index (χ0) is 9.68. The van der Waals surface area contributed by atoms with Gasteiger partial charge in [0.1, 0.15) is 12.4 Å². The molecule has 0 aliphatic heterocycles. The standard InChI is InChI=1S/C9H9ClN2O/c1-13-4-2-3-7-5-8(10)9(11)12-6-7/h5-6H,4H2,1H3,(H2,11,12). The fourth-order valence-electron chi connectivity index (χ4n) is 0.727. The van der Waals surface area contributed by atoms with Crippen LogP contribution < -0.4 is 5.73 Å². The van der Waals surface area contributed by atoms with Crippen LogP contribution in [-0.2, 0) is 4.74 Å². The van der Waals surface area contributed by atoms with Gasteiger partial charge in [-0.1, -0.05) is 23.4 Å². The quantitative estimate of drug-likeness (QED) is 0.690. The first-order chi connectivity index (χ1) is 6.24. The molecule has 2 N–H and O–H groups in total. The molecule has 0 radical (unpaired) electrons. The first-order valence-corrected chi connectivity index (χ1v) is 4.00. The molecule has 0 amide bonds. The van der Waals surface area contributed by atoms with E-state index in [4.69, 9.17) is 22.1 Å². The van der Waals surface area contributed by atoms with E-state index < -0.39 is 0 Å². The summed E-state index contributed by atoms with van der Waals surface area (Å²) in [5.41, 5.74) is 6.16. The Kier molecular flexibility index (Phi) is 3.56. The lowest BCUT2D eigenvalue weighted by Crippen LogP contribution is -1.91. The summed E-state index contributed by atoms with van der Waals surface area (Å²) >= 11 is 5.74. The van der Waals surface area contributed by atoms with E-state index in [1.807, 2.05) is 0 Å². The Morgan fingerprint density at radius 3 is 3.08 bits per heavy atom. The second kappa shape index (κ2) is 4.70. The predicted molar refractivity (Wildman–Crippen MR) is 52.4 cm³/mol. The summed E-state index contributed by atoms with van der Waals surface area (Å²) in [6, 6.07) is 1.67. The van der Waals surface area contributed by atoms with Gasteiger partial charge < -0.3 is 10.5 Å². The fourth-order valence-corrected chi connectivity index (χ4v) is 0.894. The van der Waals surface area contributed by atoms with Crippen molar-refractivity contribution in [1.82, 2.24) is 4.98 Å². The van der Waals surface area contributed by atoms with Gasteiger partial charge in [0, 0.05) is 18.9 Å². The highest BCUT2D eigenvalue weighted by Gasteiger charge is 1.96. The average molecular weight is 197 g/mol. The van der Waals surface area contributed by atoms with Crippen molar-refractivity contribution in [2.45, 2.75) is 0 Å². The van der Waals surface area contributed by atoms with Crippen LogP contribution >= 0.6 is 11.6 Å². The van der Waals surface area contributed by atoms with Crippen LogP contribution in [0.25, 0.3) is 0 Å². The van der Waals surface area contributed by atoms with Crippen LogP contribution in [0.4, 0.5) is 5.82 Å². The van der Waals surface area contributed by atoms with Crippen molar-refractivity contribution < 1.29 is 4.74 Å². The van der Waals surface area contributed by atoms with E-state index in [0.717, 1.165) is 5.56 Å².